The van der Waals surface area contributed by atoms with Crippen molar-refractivity contribution >= 4 is 44.7 Å². The van der Waals surface area contributed by atoms with Crippen LogP contribution in [0.5, 0.6) is 0 Å². The van der Waals surface area contributed by atoms with Crippen molar-refractivity contribution in [3.8, 4) is 0 Å². The summed E-state index contributed by atoms with van der Waals surface area (Å²) in [5.41, 5.74) is 2.59. The van der Waals surface area contributed by atoms with Crippen molar-refractivity contribution in [1.82, 2.24) is 14.5 Å². The summed E-state index contributed by atoms with van der Waals surface area (Å²) >= 11 is 7.88. The molecule has 1 N–H and O–H groups in total. The molecule has 0 bridgehead atoms. The molecule has 176 valence electrons. The molecule has 6 nitrogen and oxygen atoms in total. The average molecular weight is 487 g/mol. The number of hydrogen-bond donors (Lipinski definition) is 1. The number of aryl methyl sites for hydroxylation is 3. The van der Waals surface area contributed by atoms with Crippen LogP contribution >= 0.6 is 22.9 Å². The third-order valence-corrected chi connectivity index (χ3v) is 8.15. The van der Waals surface area contributed by atoms with Crippen LogP contribution < -0.4 is 10.9 Å². The van der Waals surface area contributed by atoms with Crippen LogP contribution in [0, 0.1) is 6.92 Å². The van der Waals surface area contributed by atoms with E-state index in [1.54, 1.807) is 28.9 Å². The molecule has 0 aliphatic heterocycles. The molecule has 4 rings (SSSR count). The topological polar surface area (TPSA) is 67.2 Å². The van der Waals surface area contributed by atoms with E-state index in [1.807, 2.05) is 19.1 Å². The minimum absolute atomic E-state index is 0.105. The van der Waals surface area contributed by atoms with Crippen molar-refractivity contribution in [2.24, 2.45) is 0 Å². The molecule has 3 aromatic rings. The van der Waals surface area contributed by atoms with E-state index in [-0.39, 0.29) is 11.5 Å². The average Bonchev–Trinajstić information content (AvgIpc) is 3.18. The molecule has 0 radical (unpaired) electrons. The van der Waals surface area contributed by atoms with Crippen LogP contribution in [0.4, 0.5) is 5.69 Å². The van der Waals surface area contributed by atoms with E-state index in [9.17, 15) is 9.59 Å². The predicted octanol–water partition coefficient (Wildman–Crippen LogP) is 5.34. The Morgan fingerprint density at radius 3 is 2.70 bits per heavy atom. The van der Waals surface area contributed by atoms with Crippen molar-refractivity contribution in [3.63, 3.8) is 0 Å². The number of thiophene rings is 1. The first-order chi connectivity index (χ1) is 15.8. The fourth-order valence-electron chi connectivity index (χ4n) is 4.45. The minimum atomic E-state index is -0.709. The second kappa shape index (κ2) is 9.95. The van der Waals surface area contributed by atoms with Gasteiger partial charge in [-0.1, -0.05) is 31.5 Å². The molecular formula is C25H31ClN4O2S. The Morgan fingerprint density at radius 1 is 1.27 bits per heavy atom. The van der Waals surface area contributed by atoms with Gasteiger partial charge in [0.1, 0.15) is 16.7 Å². The first kappa shape index (κ1) is 23.9. The Balaban J connectivity index is 1.78. The number of amides is 1. The molecule has 1 aliphatic rings. The monoisotopic (exact) mass is 486 g/mol. The molecule has 1 amide bonds. The molecular weight excluding hydrogens is 456 g/mol. The van der Waals surface area contributed by atoms with Crippen LogP contribution in [-0.2, 0) is 24.2 Å². The maximum atomic E-state index is 13.8. The van der Waals surface area contributed by atoms with Crippen molar-refractivity contribution in [3.05, 3.63) is 55.4 Å². The highest BCUT2D eigenvalue weighted by molar-refractivity contribution is 7.18. The SMILES string of the molecule is CCN(CC)Cc1nc2sc3c(c2c(=O)n1C(C)C(=O)Nc1ccc(C)c(Cl)c1)CCCC3. The maximum absolute atomic E-state index is 13.8. The molecule has 1 aromatic carbocycles. The molecule has 33 heavy (non-hydrogen) atoms. The van der Waals surface area contributed by atoms with E-state index < -0.39 is 6.04 Å². The van der Waals surface area contributed by atoms with Gasteiger partial charge in [0.2, 0.25) is 5.91 Å². The second-order valence-electron chi connectivity index (χ2n) is 8.68. The normalized spacial score (nSPS) is 14.5. The zero-order valence-electron chi connectivity index (χ0n) is 19.7. The van der Waals surface area contributed by atoms with Gasteiger partial charge in [-0.15, -0.1) is 11.3 Å². The number of carbonyl (C=O) groups is 1. The van der Waals surface area contributed by atoms with Crippen LogP contribution in [0.2, 0.25) is 5.02 Å². The van der Waals surface area contributed by atoms with Crippen molar-refractivity contribution in [2.45, 2.75) is 66.0 Å². The Morgan fingerprint density at radius 2 is 2.00 bits per heavy atom. The van der Waals surface area contributed by atoms with Crippen molar-refractivity contribution in [2.75, 3.05) is 18.4 Å². The standard InChI is InChI=1S/C25H31ClN4O2S/c1-5-29(6-2)14-21-28-24-22(18-9-7-8-10-20(18)33-24)25(32)30(21)16(4)23(31)27-17-12-11-15(3)19(26)13-17/h11-13,16H,5-10,14H2,1-4H3,(H,27,31). The van der Waals surface area contributed by atoms with Gasteiger partial charge in [-0.3, -0.25) is 19.1 Å². The van der Waals surface area contributed by atoms with Crippen LogP contribution in [0.3, 0.4) is 0 Å². The number of rotatable bonds is 7. The molecule has 2 aromatic heterocycles. The number of nitrogens with zero attached hydrogens (tertiary/aromatic N) is 3. The molecule has 0 fully saturated rings. The first-order valence-corrected chi connectivity index (χ1v) is 12.9. The number of fused-ring (bicyclic) bond motifs is 3. The van der Waals surface area contributed by atoms with Crippen molar-refractivity contribution < 1.29 is 4.79 Å². The smallest absolute Gasteiger partial charge is 0.263 e. The molecule has 8 heteroatoms. The largest absolute Gasteiger partial charge is 0.324 e. The lowest BCUT2D eigenvalue weighted by Crippen LogP contribution is -2.37. The number of halogens is 1. The summed E-state index contributed by atoms with van der Waals surface area (Å²) in [5.74, 6) is 0.377. The zero-order chi connectivity index (χ0) is 23.7. The molecule has 0 saturated heterocycles. The number of carbonyl (C=O) groups excluding carboxylic acids is 1. The van der Waals surface area contributed by atoms with Gasteiger partial charge in [0, 0.05) is 15.6 Å². The summed E-state index contributed by atoms with van der Waals surface area (Å²) < 4.78 is 1.60. The minimum Gasteiger partial charge on any atom is -0.324 e. The third kappa shape index (κ3) is 4.72. The fourth-order valence-corrected chi connectivity index (χ4v) is 5.90. The van der Waals surface area contributed by atoms with E-state index >= 15 is 0 Å². The van der Waals surface area contributed by atoms with Gasteiger partial charge < -0.3 is 5.32 Å². The van der Waals surface area contributed by atoms with E-state index in [1.165, 1.54) is 4.88 Å². The van der Waals surface area contributed by atoms with Gasteiger partial charge in [0.25, 0.3) is 5.56 Å². The highest BCUT2D eigenvalue weighted by Crippen LogP contribution is 2.34. The predicted molar refractivity (Wildman–Crippen MR) is 137 cm³/mol. The Hall–Kier alpha value is -2.22. The van der Waals surface area contributed by atoms with Crippen LogP contribution in [0.25, 0.3) is 10.2 Å². The summed E-state index contributed by atoms with van der Waals surface area (Å²) in [4.78, 5) is 36.3. The first-order valence-electron chi connectivity index (χ1n) is 11.7. The summed E-state index contributed by atoms with van der Waals surface area (Å²) in [5, 5.41) is 4.22. The molecule has 0 spiro atoms. The summed E-state index contributed by atoms with van der Waals surface area (Å²) in [6, 6.07) is 4.71. The van der Waals surface area contributed by atoms with E-state index in [0.29, 0.717) is 28.5 Å². The number of hydrogen-bond acceptors (Lipinski definition) is 5. The Bertz CT molecular complexity index is 1250. The van der Waals surface area contributed by atoms with Crippen LogP contribution in [0.1, 0.15) is 61.5 Å². The van der Waals surface area contributed by atoms with E-state index in [4.69, 9.17) is 16.6 Å². The molecule has 1 unspecified atom stereocenters. The second-order valence-corrected chi connectivity index (χ2v) is 10.2. The van der Waals surface area contributed by atoms with Gasteiger partial charge in [-0.25, -0.2) is 4.98 Å². The van der Waals surface area contributed by atoms with E-state index in [2.05, 4.69) is 24.1 Å². The van der Waals surface area contributed by atoms with Gasteiger partial charge in [-0.05, 0) is 75.9 Å². The van der Waals surface area contributed by atoms with Gasteiger partial charge >= 0.3 is 0 Å². The highest BCUT2D eigenvalue weighted by atomic mass is 35.5. The molecule has 0 saturated carbocycles. The maximum Gasteiger partial charge on any atom is 0.263 e. The quantitative estimate of drug-likeness (QED) is 0.489. The zero-order valence-corrected chi connectivity index (χ0v) is 21.3. The number of aromatic nitrogens is 2. The lowest BCUT2D eigenvalue weighted by atomic mass is 9.97. The van der Waals surface area contributed by atoms with E-state index in [0.717, 1.165) is 54.7 Å². The Kier molecular flexibility index (Phi) is 7.22. The van der Waals surface area contributed by atoms with Crippen molar-refractivity contribution in [1.29, 1.82) is 0 Å². The fraction of sp³-hybridized carbons (Fsp3) is 0.480. The summed E-state index contributed by atoms with van der Waals surface area (Å²) in [7, 11) is 0. The number of benzene rings is 1. The third-order valence-electron chi connectivity index (χ3n) is 6.56. The molecule has 1 aliphatic carbocycles. The van der Waals surface area contributed by atoms with Crippen LogP contribution in [0.15, 0.2) is 23.0 Å². The summed E-state index contributed by atoms with van der Waals surface area (Å²) in [6.45, 7) is 10.1. The summed E-state index contributed by atoms with van der Waals surface area (Å²) in [6.07, 6.45) is 4.15. The highest BCUT2D eigenvalue weighted by Gasteiger charge is 2.27. The Labute approximate surface area is 203 Å². The van der Waals surface area contributed by atoms with Gasteiger partial charge in [0.15, 0.2) is 0 Å². The molecule has 1 atom stereocenters. The van der Waals surface area contributed by atoms with Crippen LogP contribution in [-0.4, -0.2) is 33.4 Å². The lowest BCUT2D eigenvalue weighted by molar-refractivity contribution is -0.119. The number of anilines is 1. The van der Waals surface area contributed by atoms with Gasteiger partial charge in [0.05, 0.1) is 11.9 Å². The lowest BCUT2D eigenvalue weighted by Gasteiger charge is -2.23. The van der Waals surface area contributed by atoms with Gasteiger partial charge in [-0.2, -0.15) is 0 Å². The molecule has 2 heterocycles. The number of nitrogens with one attached hydrogen (secondary N) is 1.